The Balaban J connectivity index is 2.07. The van der Waals surface area contributed by atoms with Crippen LogP contribution in [-0.4, -0.2) is 12.1 Å². The molecule has 0 amide bonds. The average molecular weight is 239 g/mol. The second-order valence-electron chi connectivity index (χ2n) is 4.88. The molecule has 2 rings (SSSR count). The molecule has 1 N–H and O–H groups in total. The molecule has 1 aliphatic rings. The van der Waals surface area contributed by atoms with Gasteiger partial charge in [-0.1, -0.05) is 31.2 Å². The molecule has 1 aliphatic heterocycles. The van der Waals surface area contributed by atoms with Crippen LogP contribution in [0.3, 0.4) is 0 Å². The van der Waals surface area contributed by atoms with Crippen LogP contribution in [0.1, 0.15) is 43.7 Å². The van der Waals surface area contributed by atoms with E-state index < -0.39 is 6.43 Å². The molecule has 1 heterocycles. The quantitative estimate of drug-likeness (QED) is 0.844. The van der Waals surface area contributed by atoms with E-state index in [-0.39, 0.29) is 11.1 Å². The van der Waals surface area contributed by atoms with Crippen LogP contribution in [0, 0.1) is 0 Å². The van der Waals surface area contributed by atoms with Crippen molar-refractivity contribution < 1.29 is 8.78 Å². The molecule has 1 unspecified atom stereocenters. The summed E-state index contributed by atoms with van der Waals surface area (Å²) in [4.78, 5) is 0. The molecule has 1 atom stereocenters. The van der Waals surface area contributed by atoms with Gasteiger partial charge in [0.15, 0.2) is 0 Å². The van der Waals surface area contributed by atoms with Crippen LogP contribution in [0.5, 0.6) is 0 Å². The van der Waals surface area contributed by atoms with Crippen LogP contribution >= 0.6 is 0 Å². The molecule has 1 aromatic carbocycles. The third-order valence-electron chi connectivity index (χ3n) is 3.78. The zero-order chi connectivity index (χ0) is 12.3. The van der Waals surface area contributed by atoms with Gasteiger partial charge in [-0.2, -0.15) is 0 Å². The Morgan fingerprint density at radius 2 is 2.00 bits per heavy atom. The lowest BCUT2D eigenvalue weighted by Crippen LogP contribution is -2.41. The van der Waals surface area contributed by atoms with E-state index in [4.69, 9.17) is 0 Å². The maximum atomic E-state index is 12.4. The van der Waals surface area contributed by atoms with Crippen molar-refractivity contribution in [3.8, 4) is 0 Å². The molecule has 0 aromatic heterocycles. The van der Waals surface area contributed by atoms with Crippen LogP contribution in [0.15, 0.2) is 24.3 Å². The number of halogens is 2. The van der Waals surface area contributed by atoms with E-state index in [1.54, 1.807) is 0 Å². The predicted octanol–water partition coefficient (Wildman–Crippen LogP) is 3.70. The summed E-state index contributed by atoms with van der Waals surface area (Å²) in [5.41, 5.74) is 1.44. The number of hydrogen-bond acceptors (Lipinski definition) is 1. The van der Waals surface area contributed by atoms with Crippen LogP contribution in [0.2, 0.25) is 0 Å². The van der Waals surface area contributed by atoms with Gasteiger partial charge in [-0.25, -0.2) is 8.78 Å². The molecule has 3 heteroatoms. The van der Waals surface area contributed by atoms with Crippen molar-refractivity contribution in [2.24, 2.45) is 0 Å². The summed E-state index contributed by atoms with van der Waals surface area (Å²) in [7, 11) is 0. The third-order valence-corrected chi connectivity index (χ3v) is 3.78. The Morgan fingerprint density at radius 3 is 2.47 bits per heavy atom. The van der Waals surface area contributed by atoms with E-state index in [1.165, 1.54) is 25.0 Å². The fourth-order valence-electron chi connectivity index (χ4n) is 2.62. The average Bonchev–Trinajstić information content (AvgIpc) is 2.79. The zero-order valence-corrected chi connectivity index (χ0v) is 10.2. The molecule has 17 heavy (non-hydrogen) atoms. The first-order valence-electron chi connectivity index (χ1n) is 6.27. The van der Waals surface area contributed by atoms with Crippen molar-refractivity contribution in [1.29, 1.82) is 0 Å². The lowest BCUT2D eigenvalue weighted by molar-refractivity contribution is 0.151. The summed E-state index contributed by atoms with van der Waals surface area (Å²) >= 11 is 0. The monoisotopic (exact) mass is 239 g/mol. The van der Waals surface area contributed by atoms with E-state index in [1.807, 2.05) is 12.1 Å². The standard InChI is InChI=1S/C14H19F2N/c1-2-14(8-3-9-17-14)10-11-4-6-12(7-5-11)13(15)16/h4-7,13,17H,2-3,8-10H2,1H3. The molecule has 0 saturated carbocycles. The number of alkyl halides is 2. The van der Waals surface area contributed by atoms with Gasteiger partial charge in [0, 0.05) is 11.1 Å². The second-order valence-corrected chi connectivity index (χ2v) is 4.88. The minimum absolute atomic E-state index is 0.110. The molecule has 1 nitrogen and oxygen atoms in total. The SMILES string of the molecule is CCC1(Cc2ccc(C(F)F)cc2)CCCN1. The first kappa shape index (κ1) is 12.5. The fraction of sp³-hybridized carbons (Fsp3) is 0.571. The molecule has 1 fully saturated rings. The van der Waals surface area contributed by atoms with E-state index in [0.717, 1.165) is 24.9 Å². The van der Waals surface area contributed by atoms with Crippen molar-refractivity contribution in [2.45, 2.75) is 44.6 Å². The lowest BCUT2D eigenvalue weighted by atomic mass is 9.87. The van der Waals surface area contributed by atoms with Gasteiger partial charge in [0.2, 0.25) is 0 Å². The van der Waals surface area contributed by atoms with Gasteiger partial charge in [0.1, 0.15) is 0 Å². The molecular weight excluding hydrogens is 220 g/mol. The Bertz CT molecular complexity index is 353. The molecule has 0 aliphatic carbocycles. The third kappa shape index (κ3) is 2.83. The van der Waals surface area contributed by atoms with Crippen LogP contribution < -0.4 is 5.32 Å². The summed E-state index contributed by atoms with van der Waals surface area (Å²) in [6.45, 7) is 3.26. The van der Waals surface area contributed by atoms with E-state index >= 15 is 0 Å². The molecule has 0 bridgehead atoms. The smallest absolute Gasteiger partial charge is 0.263 e. The largest absolute Gasteiger partial charge is 0.311 e. The topological polar surface area (TPSA) is 12.0 Å². The van der Waals surface area contributed by atoms with Crippen molar-refractivity contribution >= 4 is 0 Å². The zero-order valence-electron chi connectivity index (χ0n) is 10.2. The predicted molar refractivity (Wildman–Crippen MR) is 65.4 cm³/mol. The number of nitrogens with one attached hydrogen (secondary N) is 1. The summed E-state index contributed by atoms with van der Waals surface area (Å²) in [6.07, 6.45) is 2.05. The summed E-state index contributed by atoms with van der Waals surface area (Å²) < 4.78 is 24.9. The van der Waals surface area contributed by atoms with Crippen molar-refractivity contribution in [2.75, 3.05) is 6.54 Å². The second kappa shape index (κ2) is 5.13. The molecule has 94 valence electrons. The molecule has 1 aromatic rings. The maximum Gasteiger partial charge on any atom is 0.263 e. The van der Waals surface area contributed by atoms with Crippen LogP contribution in [0.4, 0.5) is 8.78 Å². The summed E-state index contributed by atoms with van der Waals surface area (Å²) in [5.74, 6) is 0. The number of rotatable bonds is 4. The highest BCUT2D eigenvalue weighted by Gasteiger charge is 2.31. The molecule has 1 saturated heterocycles. The highest BCUT2D eigenvalue weighted by Crippen LogP contribution is 2.28. The number of benzene rings is 1. The van der Waals surface area contributed by atoms with Gasteiger partial charge in [-0.15, -0.1) is 0 Å². The van der Waals surface area contributed by atoms with Crippen molar-refractivity contribution in [1.82, 2.24) is 5.32 Å². The molecule has 0 spiro atoms. The first-order valence-corrected chi connectivity index (χ1v) is 6.27. The fourth-order valence-corrected chi connectivity index (χ4v) is 2.62. The minimum atomic E-state index is -2.37. The van der Waals surface area contributed by atoms with E-state index in [2.05, 4.69) is 12.2 Å². The Labute approximate surface area is 101 Å². The van der Waals surface area contributed by atoms with E-state index in [0.29, 0.717) is 0 Å². The van der Waals surface area contributed by atoms with Crippen LogP contribution in [0.25, 0.3) is 0 Å². The maximum absolute atomic E-state index is 12.4. The summed E-state index contributed by atoms with van der Waals surface area (Å²) in [6, 6.07) is 6.74. The van der Waals surface area contributed by atoms with E-state index in [9.17, 15) is 8.78 Å². The minimum Gasteiger partial charge on any atom is -0.311 e. The lowest BCUT2D eigenvalue weighted by Gasteiger charge is -2.28. The Kier molecular flexibility index (Phi) is 3.77. The van der Waals surface area contributed by atoms with Gasteiger partial charge in [-0.3, -0.25) is 0 Å². The van der Waals surface area contributed by atoms with Gasteiger partial charge >= 0.3 is 0 Å². The van der Waals surface area contributed by atoms with Crippen molar-refractivity contribution in [3.05, 3.63) is 35.4 Å². The van der Waals surface area contributed by atoms with Gasteiger partial charge < -0.3 is 5.32 Å². The summed E-state index contributed by atoms with van der Waals surface area (Å²) in [5, 5.41) is 3.56. The van der Waals surface area contributed by atoms with Gasteiger partial charge in [0.05, 0.1) is 0 Å². The first-order chi connectivity index (χ1) is 8.15. The molecule has 0 radical (unpaired) electrons. The molecular formula is C14H19F2N. The normalized spacial score (nSPS) is 24.5. The Morgan fingerprint density at radius 1 is 1.29 bits per heavy atom. The van der Waals surface area contributed by atoms with Crippen molar-refractivity contribution in [3.63, 3.8) is 0 Å². The highest BCUT2D eigenvalue weighted by molar-refractivity contribution is 5.25. The highest BCUT2D eigenvalue weighted by atomic mass is 19.3. The number of hydrogen-bond donors (Lipinski definition) is 1. The van der Waals surface area contributed by atoms with Crippen LogP contribution in [-0.2, 0) is 6.42 Å². The van der Waals surface area contributed by atoms with Gasteiger partial charge in [-0.05, 0) is 37.8 Å². The van der Waals surface area contributed by atoms with Gasteiger partial charge in [0.25, 0.3) is 6.43 Å². The Hall–Kier alpha value is -0.960.